The number of carbonyl (C=O) groups excluding carboxylic acids is 1. The maximum absolute atomic E-state index is 11.3. The zero-order chi connectivity index (χ0) is 12.1. The highest BCUT2D eigenvalue weighted by Gasteiger charge is 2.15. The summed E-state index contributed by atoms with van der Waals surface area (Å²) in [6.45, 7) is 4.28. The number of aromatic nitrogens is 2. The first-order valence-electron chi connectivity index (χ1n) is 5.04. The van der Waals surface area contributed by atoms with Crippen molar-refractivity contribution in [1.82, 2.24) is 15.5 Å². The van der Waals surface area contributed by atoms with Gasteiger partial charge in [0.15, 0.2) is 4.34 Å². The minimum atomic E-state index is -0.184. The molecule has 0 aliphatic carbocycles. The van der Waals surface area contributed by atoms with E-state index in [0.717, 1.165) is 10.8 Å². The number of nitrogens with zero attached hydrogens (tertiary/aromatic N) is 3. The molecule has 1 heterocycles. The number of carbonyl (C=O) groups is 1. The molecule has 0 saturated carbocycles. The first kappa shape index (κ1) is 13.2. The molecule has 1 N–H and O–H groups in total. The molecule has 0 spiro atoms. The van der Waals surface area contributed by atoms with E-state index in [2.05, 4.69) is 29.4 Å². The minimum absolute atomic E-state index is 0.184. The highest BCUT2D eigenvalue weighted by Crippen LogP contribution is 2.31. The van der Waals surface area contributed by atoms with Crippen molar-refractivity contribution in [2.24, 2.45) is 0 Å². The Labute approximate surface area is 104 Å². The van der Waals surface area contributed by atoms with Crippen molar-refractivity contribution in [2.45, 2.75) is 29.9 Å². The Balaban J connectivity index is 2.67. The molecule has 2 amide bonds. The van der Waals surface area contributed by atoms with Crippen LogP contribution in [-0.2, 0) is 0 Å². The second kappa shape index (κ2) is 6.05. The van der Waals surface area contributed by atoms with Crippen molar-refractivity contribution in [1.29, 1.82) is 0 Å². The molecule has 16 heavy (non-hydrogen) atoms. The van der Waals surface area contributed by atoms with Crippen LogP contribution in [0.2, 0.25) is 0 Å². The number of rotatable bonds is 4. The molecule has 0 aliphatic heterocycles. The van der Waals surface area contributed by atoms with Crippen LogP contribution >= 0.6 is 23.1 Å². The van der Waals surface area contributed by atoms with Gasteiger partial charge in [-0.25, -0.2) is 4.79 Å². The minimum Gasteiger partial charge on any atom is -0.341 e. The summed E-state index contributed by atoms with van der Waals surface area (Å²) in [7, 11) is 3.27. The van der Waals surface area contributed by atoms with Crippen molar-refractivity contribution in [3.8, 4) is 0 Å². The Morgan fingerprint density at radius 2 is 2.31 bits per heavy atom. The average Bonchev–Trinajstić information content (AvgIpc) is 2.75. The van der Waals surface area contributed by atoms with Crippen LogP contribution in [0.25, 0.3) is 0 Å². The predicted molar refractivity (Wildman–Crippen MR) is 68.4 cm³/mol. The molecular weight excluding hydrogens is 244 g/mol. The number of nitrogens with one attached hydrogen (secondary N) is 1. The van der Waals surface area contributed by atoms with Gasteiger partial charge in [-0.15, -0.1) is 10.2 Å². The standard InChI is InChI=1S/C9H16N4OS2/c1-5-6(2)15-9-12-11-8(16-9)13(4)7(14)10-3/h6H,5H2,1-4H3,(H,10,14). The van der Waals surface area contributed by atoms with Gasteiger partial charge in [0.25, 0.3) is 0 Å². The summed E-state index contributed by atoms with van der Waals surface area (Å²) < 4.78 is 0.903. The Kier molecular flexibility index (Phi) is 5.01. The Morgan fingerprint density at radius 1 is 1.62 bits per heavy atom. The first-order chi connectivity index (χ1) is 7.58. The van der Waals surface area contributed by atoms with E-state index >= 15 is 0 Å². The third-order valence-electron chi connectivity index (χ3n) is 2.08. The zero-order valence-electron chi connectivity index (χ0n) is 9.85. The predicted octanol–water partition coefficient (Wildman–Crippen LogP) is 2.20. The lowest BCUT2D eigenvalue weighted by atomic mass is 10.4. The van der Waals surface area contributed by atoms with E-state index in [1.807, 2.05) is 0 Å². The fourth-order valence-electron chi connectivity index (χ4n) is 0.896. The van der Waals surface area contributed by atoms with E-state index in [9.17, 15) is 4.79 Å². The van der Waals surface area contributed by atoms with Crippen molar-refractivity contribution in [3.63, 3.8) is 0 Å². The van der Waals surface area contributed by atoms with Crippen LogP contribution in [0.1, 0.15) is 20.3 Å². The van der Waals surface area contributed by atoms with Crippen molar-refractivity contribution in [2.75, 3.05) is 19.0 Å². The summed E-state index contributed by atoms with van der Waals surface area (Å²) in [4.78, 5) is 12.8. The summed E-state index contributed by atoms with van der Waals surface area (Å²) in [5.74, 6) is 0. The zero-order valence-corrected chi connectivity index (χ0v) is 11.5. The molecule has 0 aromatic carbocycles. The fraction of sp³-hybridized carbons (Fsp3) is 0.667. The van der Waals surface area contributed by atoms with Gasteiger partial charge < -0.3 is 5.32 Å². The molecule has 0 bridgehead atoms. The molecule has 0 aliphatic rings. The normalized spacial score (nSPS) is 12.2. The lowest BCUT2D eigenvalue weighted by Crippen LogP contribution is -2.34. The second-order valence-electron chi connectivity index (χ2n) is 3.30. The van der Waals surface area contributed by atoms with E-state index in [1.165, 1.54) is 16.2 Å². The number of hydrogen-bond donors (Lipinski definition) is 1. The van der Waals surface area contributed by atoms with Gasteiger partial charge in [-0.2, -0.15) is 0 Å². The summed E-state index contributed by atoms with van der Waals surface area (Å²) in [5.41, 5.74) is 0. The third kappa shape index (κ3) is 3.34. The quantitative estimate of drug-likeness (QED) is 0.666. The number of thioether (sulfide) groups is 1. The highest BCUT2D eigenvalue weighted by molar-refractivity contribution is 8.01. The molecule has 1 atom stereocenters. The SMILES string of the molecule is CCC(C)Sc1nnc(N(C)C(=O)NC)s1. The van der Waals surface area contributed by atoms with Crippen molar-refractivity contribution in [3.05, 3.63) is 0 Å². The fourth-order valence-corrected chi connectivity index (χ4v) is 2.94. The summed E-state index contributed by atoms with van der Waals surface area (Å²) >= 11 is 3.12. The molecular formula is C9H16N4OS2. The Hall–Kier alpha value is -0.820. The second-order valence-corrected chi connectivity index (χ2v) is 5.94. The van der Waals surface area contributed by atoms with Crippen LogP contribution < -0.4 is 10.2 Å². The van der Waals surface area contributed by atoms with Gasteiger partial charge in [0.1, 0.15) is 0 Å². The smallest absolute Gasteiger partial charge is 0.323 e. The van der Waals surface area contributed by atoms with Crippen LogP contribution in [0.5, 0.6) is 0 Å². The van der Waals surface area contributed by atoms with Crippen molar-refractivity contribution < 1.29 is 4.79 Å². The van der Waals surface area contributed by atoms with Crippen LogP contribution in [0.4, 0.5) is 9.93 Å². The Morgan fingerprint density at radius 3 is 2.88 bits per heavy atom. The van der Waals surface area contributed by atoms with Gasteiger partial charge in [-0.1, -0.05) is 36.9 Å². The Bertz CT molecular complexity index is 355. The number of urea groups is 1. The maximum atomic E-state index is 11.3. The summed E-state index contributed by atoms with van der Waals surface area (Å²) in [6.07, 6.45) is 1.09. The molecule has 7 heteroatoms. The van der Waals surface area contributed by atoms with E-state index < -0.39 is 0 Å². The molecule has 0 radical (unpaired) electrons. The van der Waals surface area contributed by atoms with Crippen LogP contribution in [0.15, 0.2) is 4.34 Å². The van der Waals surface area contributed by atoms with Gasteiger partial charge in [0.05, 0.1) is 0 Å². The van der Waals surface area contributed by atoms with Gasteiger partial charge in [0.2, 0.25) is 5.13 Å². The van der Waals surface area contributed by atoms with Gasteiger partial charge in [-0.05, 0) is 6.42 Å². The summed E-state index contributed by atoms with van der Waals surface area (Å²) in [5, 5.41) is 11.7. The molecule has 1 unspecified atom stereocenters. The summed E-state index contributed by atoms with van der Waals surface area (Å²) in [6, 6.07) is -0.184. The van der Waals surface area contributed by atoms with Gasteiger partial charge in [0, 0.05) is 19.3 Å². The van der Waals surface area contributed by atoms with E-state index in [0.29, 0.717) is 10.4 Å². The van der Waals surface area contributed by atoms with Gasteiger partial charge in [-0.3, -0.25) is 4.90 Å². The van der Waals surface area contributed by atoms with Gasteiger partial charge >= 0.3 is 6.03 Å². The number of amides is 2. The molecule has 90 valence electrons. The van der Waals surface area contributed by atoms with E-state index in [4.69, 9.17) is 0 Å². The molecule has 0 saturated heterocycles. The lowest BCUT2D eigenvalue weighted by molar-refractivity contribution is 0.249. The maximum Gasteiger partial charge on any atom is 0.323 e. The highest BCUT2D eigenvalue weighted by atomic mass is 32.2. The van der Waals surface area contributed by atoms with Crippen molar-refractivity contribution >= 4 is 34.3 Å². The van der Waals surface area contributed by atoms with Crippen LogP contribution in [0, 0.1) is 0 Å². The van der Waals surface area contributed by atoms with Crippen LogP contribution in [0.3, 0.4) is 0 Å². The van der Waals surface area contributed by atoms with Crippen LogP contribution in [-0.4, -0.2) is 35.6 Å². The molecule has 1 aromatic rings. The van der Waals surface area contributed by atoms with E-state index in [1.54, 1.807) is 25.9 Å². The number of anilines is 1. The third-order valence-corrected chi connectivity index (χ3v) is 4.43. The lowest BCUT2D eigenvalue weighted by Gasteiger charge is -2.11. The largest absolute Gasteiger partial charge is 0.341 e. The topological polar surface area (TPSA) is 58.1 Å². The molecule has 0 fully saturated rings. The average molecular weight is 260 g/mol. The molecule has 1 aromatic heterocycles. The monoisotopic (exact) mass is 260 g/mol. The number of hydrogen-bond acceptors (Lipinski definition) is 5. The molecule has 1 rings (SSSR count). The molecule has 5 nitrogen and oxygen atoms in total. The van der Waals surface area contributed by atoms with E-state index in [-0.39, 0.29) is 6.03 Å². The first-order valence-corrected chi connectivity index (χ1v) is 6.73.